The molecule has 0 radical (unpaired) electrons. The van der Waals surface area contributed by atoms with Crippen LogP contribution < -0.4 is 9.62 Å². The summed E-state index contributed by atoms with van der Waals surface area (Å²) in [7, 11) is -3.79. The van der Waals surface area contributed by atoms with Crippen LogP contribution in [-0.4, -0.2) is 50.0 Å². The Kier molecular flexibility index (Phi) is 9.88. The van der Waals surface area contributed by atoms with Gasteiger partial charge in [0.25, 0.3) is 0 Å². The topological polar surface area (TPSA) is 86.8 Å². The summed E-state index contributed by atoms with van der Waals surface area (Å²) < 4.78 is 27.3. The van der Waals surface area contributed by atoms with Gasteiger partial charge < -0.3 is 10.2 Å². The Morgan fingerprint density at radius 3 is 1.92 bits per heavy atom. The van der Waals surface area contributed by atoms with Gasteiger partial charge in [0, 0.05) is 23.5 Å². The first-order valence-electron chi connectivity index (χ1n) is 12.0. The van der Waals surface area contributed by atoms with Crippen molar-refractivity contribution in [1.29, 1.82) is 0 Å². The molecule has 0 heterocycles. The Hall–Kier alpha value is -3.17. The first-order chi connectivity index (χ1) is 17.5. The minimum absolute atomic E-state index is 0.130. The number of benzene rings is 3. The molecule has 0 unspecified atom stereocenters. The molecule has 0 fully saturated rings. The van der Waals surface area contributed by atoms with Gasteiger partial charge in [-0.05, 0) is 49.2 Å². The van der Waals surface area contributed by atoms with Gasteiger partial charge in [0.05, 0.1) is 11.9 Å². The van der Waals surface area contributed by atoms with Crippen molar-refractivity contribution in [2.45, 2.75) is 38.9 Å². The number of anilines is 1. The maximum Gasteiger partial charge on any atom is 0.244 e. The van der Waals surface area contributed by atoms with Crippen molar-refractivity contribution in [3.63, 3.8) is 0 Å². The zero-order chi connectivity index (χ0) is 27.0. The van der Waals surface area contributed by atoms with E-state index < -0.39 is 28.5 Å². The molecule has 196 valence electrons. The van der Waals surface area contributed by atoms with E-state index in [1.54, 1.807) is 24.3 Å². The molecule has 3 rings (SSSR count). The molecule has 3 aromatic carbocycles. The summed E-state index contributed by atoms with van der Waals surface area (Å²) in [6, 6.07) is 24.6. The number of amides is 2. The maximum absolute atomic E-state index is 13.9. The minimum Gasteiger partial charge on any atom is -0.352 e. The molecule has 0 aliphatic carbocycles. The highest BCUT2D eigenvalue weighted by Crippen LogP contribution is 2.22. The van der Waals surface area contributed by atoms with Crippen molar-refractivity contribution in [3.05, 3.63) is 101 Å². The lowest BCUT2D eigenvalue weighted by molar-refractivity contribution is -0.140. The van der Waals surface area contributed by atoms with Gasteiger partial charge in [-0.25, -0.2) is 8.42 Å². The summed E-state index contributed by atoms with van der Waals surface area (Å²) in [5, 5.41) is 2.94. The molecule has 7 nitrogen and oxygen atoms in total. The predicted octanol–water partition coefficient (Wildman–Crippen LogP) is 4.38. The second-order valence-electron chi connectivity index (χ2n) is 9.12. The van der Waals surface area contributed by atoms with Crippen LogP contribution in [-0.2, 0) is 32.6 Å². The number of nitrogens with zero attached hydrogens (tertiary/aromatic N) is 2. The van der Waals surface area contributed by atoms with Crippen molar-refractivity contribution >= 4 is 43.5 Å². The largest absolute Gasteiger partial charge is 0.352 e. The van der Waals surface area contributed by atoms with Gasteiger partial charge in [0.2, 0.25) is 21.8 Å². The highest BCUT2D eigenvalue weighted by atomic mass is 79.9. The minimum atomic E-state index is -3.79. The molecule has 1 N–H and O–H groups in total. The molecule has 0 bridgehead atoms. The van der Waals surface area contributed by atoms with Crippen LogP contribution in [0.4, 0.5) is 5.69 Å². The van der Waals surface area contributed by atoms with E-state index in [1.807, 2.05) is 74.5 Å². The molecule has 0 aromatic heterocycles. The van der Waals surface area contributed by atoms with E-state index in [0.29, 0.717) is 5.69 Å². The molecule has 3 aromatic rings. The maximum atomic E-state index is 13.9. The fourth-order valence-corrected chi connectivity index (χ4v) is 5.05. The van der Waals surface area contributed by atoms with E-state index in [1.165, 1.54) is 4.90 Å². The molecular formula is C28H32BrN3O4S. The zero-order valence-electron chi connectivity index (χ0n) is 21.2. The van der Waals surface area contributed by atoms with Gasteiger partial charge >= 0.3 is 0 Å². The zero-order valence-corrected chi connectivity index (χ0v) is 23.6. The van der Waals surface area contributed by atoms with Gasteiger partial charge in [-0.2, -0.15) is 0 Å². The number of halogens is 1. The summed E-state index contributed by atoms with van der Waals surface area (Å²) in [5.74, 6) is -0.769. The van der Waals surface area contributed by atoms with Gasteiger partial charge in [-0.15, -0.1) is 0 Å². The lowest BCUT2D eigenvalue weighted by Gasteiger charge is -2.34. The number of hydrogen-bond acceptors (Lipinski definition) is 4. The molecule has 1 atom stereocenters. The number of sulfonamides is 1. The van der Waals surface area contributed by atoms with Gasteiger partial charge in [0.15, 0.2) is 0 Å². The van der Waals surface area contributed by atoms with Crippen LogP contribution in [0.5, 0.6) is 0 Å². The van der Waals surface area contributed by atoms with Crippen molar-refractivity contribution in [2.24, 2.45) is 0 Å². The van der Waals surface area contributed by atoms with Crippen molar-refractivity contribution in [2.75, 3.05) is 17.1 Å². The Balaban J connectivity index is 2.02. The lowest BCUT2D eigenvalue weighted by atomic mass is 10.0. The van der Waals surface area contributed by atoms with Crippen LogP contribution in [0.2, 0.25) is 0 Å². The molecule has 0 saturated carbocycles. The van der Waals surface area contributed by atoms with Crippen molar-refractivity contribution in [3.8, 4) is 0 Å². The molecule has 2 amide bonds. The van der Waals surface area contributed by atoms with Gasteiger partial charge in [-0.3, -0.25) is 13.9 Å². The third kappa shape index (κ3) is 8.43. The fourth-order valence-electron chi connectivity index (χ4n) is 3.94. The van der Waals surface area contributed by atoms with Crippen molar-refractivity contribution < 1.29 is 18.0 Å². The molecule has 37 heavy (non-hydrogen) atoms. The summed E-state index contributed by atoms with van der Waals surface area (Å²) in [6.45, 7) is 3.44. The molecule has 9 heteroatoms. The number of carbonyl (C=O) groups is 2. The van der Waals surface area contributed by atoms with E-state index in [4.69, 9.17) is 0 Å². The molecule has 0 saturated heterocycles. The smallest absolute Gasteiger partial charge is 0.244 e. The molecule has 0 spiro atoms. The van der Waals surface area contributed by atoms with Crippen LogP contribution >= 0.6 is 15.9 Å². The molecule has 0 aliphatic heterocycles. The number of rotatable bonds is 11. The van der Waals surface area contributed by atoms with E-state index in [-0.39, 0.29) is 24.9 Å². The monoisotopic (exact) mass is 585 g/mol. The molecular weight excluding hydrogens is 554 g/mol. The average molecular weight is 587 g/mol. The second-order valence-corrected chi connectivity index (χ2v) is 11.9. The Morgan fingerprint density at radius 1 is 0.865 bits per heavy atom. The predicted molar refractivity (Wildman–Crippen MR) is 151 cm³/mol. The summed E-state index contributed by atoms with van der Waals surface area (Å²) in [4.78, 5) is 28.8. The quantitative estimate of drug-likeness (QED) is 0.362. The number of hydrogen-bond donors (Lipinski definition) is 1. The summed E-state index contributed by atoms with van der Waals surface area (Å²) in [6.07, 6.45) is 1.35. The SMILES string of the molecule is CC(C)NC(=O)[C@@H](Cc1ccccc1)N(Cc1ccccc1)C(=O)CN(c1ccc(Br)cc1)S(C)(=O)=O. The number of carbonyl (C=O) groups excluding carboxylic acids is 2. The molecule has 0 aliphatic rings. The highest BCUT2D eigenvalue weighted by Gasteiger charge is 2.33. The third-order valence-electron chi connectivity index (χ3n) is 5.69. The van der Waals surface area contributed by atoms with Crippen molar-refractivity contribution in [1.82, 2.24) is 10.2 Å². The Morgan fingerprint density at radius 2 is 1.41 bits per heavy atom. The summed E-state index contributed by atoms with van der Waals surface area (Å²) >= 11 is 3.35. The van der Waals surface area contributed by atoms with Gasteiger partial charge in [0.1, 0.15) is 12.6 Å². The number of nitrogens with one attached hydrogen (secondary N) is 1. The fraction of sp³-hybridized carbons (Fsp3) is 0.286. The highest BCUT2D eigenvalue weighted by molar-refractivity contribution is 9.10. The van der Waals surface area contributed by atoms with Crippen LogP contribution in [0.25, 0.3) is 0 Å². The first-order valence-corrected chi connectivity index (χ1v) is 14.6. The van der Waals surface area contributed by atoms with Crippen LogP contribution in [0.3, 0.4) is 0 Å². The standard InChI is InChI=1S/C28H32BrN3O4S/c1-21(2)30-28(34)26(18-22-10-6-4-7-11-22)31(19-23-12-8-5-9-13-23)27(33)20-32(37(3,35)36)25-16-14-24(29)15-17-25/h4-17,21,26H,18-20H2,1-3H3,(H,30,34)/t26-/m1/s1. The van der Waals surface area contributed by atoms with E-state index in [9.17, 15) is 18.0 Å². The van der Waals surface area contributed by atoms with Crippen LogP contribution in [0, 0.1) is 0 Å². The average Bonchev–Trinajstić information content (AvgIpc) is 2.85. The van der Waals surface area contributed by atoms with Crippen LogP contribution in [0.1, 0.15) is 25.0 Å². The van der Waals surface area contributed by atoms with Crippen LogP contribution in [0.15, 0.2) is 89.4 Å². The second kappa shape index (κ2) is 12.9. The summed E-state index contributed by atoms with van der Waals surface area (Å²) in [5.41, 5.74) is 2.09. The Labute approximate surface area is 227 Å². The first kappa shape index (κ1) is 28.4. The van der Waals surface area contributed by atoms with E-state index >= 15 is 0 Å². The van der Waals surface area contributed by atoms with E-state index in [0.717, 1.165) is 26.2 Å². The van der Waals surface area contributed by atoms with E-state index in [2.05, 4.69) is 21.2 Å². The Bertz CT molecular complexity index is 1280. The third-order valence-corrected chi connectivity index (χ3v) is 7.36. The normalized spacial score (nSPS) is 12.1. The lowest BCUT2D eigenvalue weighted by Crippen LogP contribution is -2.54. The van der Waals surface area contributed by atoms with Gasteiger partial charge in [-0.1, -0.05) is 76.6 Å².